The third-order valence-corrected chi connectivity index (χ3v) is 3.84. The highest BCUT2D eigenvalue weighted by atomic mass is 16.6. The van der Waals surface area contributed by atoms with Crippen LogP contribution in [0.4, 0.5) is 11.4 Å². The molecule has 0 amide bonds. The van der Waals surface area contributed by atoms with E-state index in [4.69, 9.17) is 13.9 Å². The summed E-state index contributed by atoms with van der Waals surface area (Å²) in [5.41, 5.74) is 2.77. The van der Waals surface area contributed by atoms with Gasteiger partial charge in [0.2, 0.25) is 5.76 Å². The zero-order chi connectivity index (χ0) is 19.2. The Bertz CT molecular complexity index is 929. The van der Waals surface area contributed by atoms with Crippen molar-refractivity contribution in [2.75, 3.05) is 26.1 Å². The van der Waals surface area contributed by atoms with Crippen LogP contribution in [0.25, 0.3) is 0 Å². The van der Waals surface area contributed by atoms with Crippen molar-refractivity contribution in [1.29, 1.82) is 0 Å². The molecule has 6 nitrogen and oxygen atoms in total. The number of rotatable bonds is 6. The lowest BCUT2D eigenvalue weighted by atomic mass is 10.2. The second kappa shape index (κ2) is 8.23. The second-order valence-corrected chi connectivity index (χ2v) is 5.95. The van der Waals surface area contributed by atoms with Crippen LogP contribution in [-0.4, -0.2) is 33.4 Å². The van der Waals surface area contributed by atoms with Gasteiger partial charge in [-0.3, -0.25) is 4.99 Å². The Morgan fingerprint density at radius 1 is 1.07 bits per heavy atom. The summed E-state index contributed by atoms with van der Waals surface area (Å²) in [6, 6.07) is 16.3. The molecule has 27 heavy (non-hydrogen) atoms. The molecular formula is C21H20N2O4. The molecule has 6 heteroatoms. The lowest BCUT2D eigenvalue weighted by molar-refractivity contribution is 0.0696. The first kappa shape index (κ1) is 18.3. The minimum absolute atomic E-state index is 0.129. The number of benzene rings is 2. The predicted octanol–water partition coefficient (Wildman–Crippen LogP) is 4.32. The van der Waals surface area contributed by atoms with Gasteiger partial charge in [0, 0.05) is 26.0 Å². The van der Waals surface area contributed by atoms with Gasteiger partial charge >= 0.3 is 5.97 Å². The fourth-order valence-electron chi connectivity index (χ4n) is 2.38. The van der Waals surface area contributed by atoms with E-state index in [-0.39, 0.29) is 5.76 Å². The average Bonchev–Trinajstić information content (AvgIpc) is 3.22. The number of esters is 1. The fourth-order valence-corrected chi connectivity index (χ4v) is 2.38. The molecule has 0 unspecified atom stereocenters. The van der Waals surface area contributed by atoms with Gasteiger partial charge in [-0.05, 0) is 60.2 Å². The molecule has 0 fully saturated rings. The number of methoxy groups -OCH3 is 1. The van der Waals surface area contributed by atoms with Gasteiger partial charge in [0.15, 0.2) is 11.5 Å². The maximum atomic E-state index is 12.0. The number of furan rings is 1. The van der Waals surface area contributed by atoms with Gasteiger partial charge in [0.25, 0.3) is 0 Å². The number of ether oxygens (including phenoxy) is 2. The first-order chi connectivity index (χ1) is 13.1. The molecule has 0 aliphatic carbocycles. The van der Waals surface area contributed by atoms with Crippen molar-refractivity contribution >= 4 is 23.6 Å². The number of hydrogen-bond acceptors (Lipinski definition) is 6. The molecule has 0 radical (unpaired) electrons. The third kappa shape index (κ3) is 4.55. The summed E-state index contributed by atoms with van der Waals surface area (Å²) in [6.45, 7) is 0. The normalized spacial score (nSPS) is 10.8. The zero-order valence-corrected chi connectivity index (χ0v) is 15.4. The van der Waals surface area contributed by atoms with Crippen LogP contribution in [0.1, 0.15) is 16.1 Å². The Hall–Kier alpha value is -3.54. The summed E-state index contributed by atoms with van der Waals surface area (Å²) < 4.78 is 15.7. The Labute approximate surface area is 157 Å². The highest BCUT2D eigenvalue weighted by Gasteiger charge is 2.14. The fraction of sp³-hybridized carbons (Fsp3) is 0.143. The Morgan fingerprint density at radius 2 is 1.85 bits per heavy atom. The molecule has 2 aromatic carbocycles. The molecular weight excluding hydrogens is 344 g/mol. The van der Waals surface area contributed by atoms with Gasteiger partial charge in [-0.1, -0.05) is 0 Å². The molecule has 3 rings (SSSR count). The van der Waals surface area contributed by atoms with Crippen molar-refractivity contribution in [3.63, 3.8) is 0 Å². The minimum Gasteiger partial charge on any atom is -0.493 e. The van der Waals surface area contributed by atoms with E-state index in [0.717, 1.165) is 16.9 Å². The van der Waals surface area contributed by atoms with Crippen LogP contribution in [-0.2, 0) is 0 Å². The van der Waals surface area contributed by atoms with E-state index in [9.17, 15) is 4.79 Å². The van der Waals surface area contributed by atoms with Gasteiger partial charge in [-0.25, -0.2) is 4.79 Å². The Morgan fingerprint density at radius 3 is 2.48 bits per heavy atom. The van der Waals surface area contributed by atoms with Crippen LogP contribution in [0.2, 0.25) is 0 Å². The SMILES string of the molecule is COc1cc(C=Nc2ccc(N(C)C)cc2)ccc1OC(=O)c1ccco1. The average molecular weight is 364 g/mol. The molecule has 0 saturated heterocycles. The van der Waals surface area contributed by atoms with Crippen molar-refractivity contribution in [2.45, 2.75) is 0 Å². The van der Waals surface area contributed by atoms with E-state index in [1.54, 1.807) is 30.5 Å². The number of carbonyl (C=O) groups is 1. The minimum atomic E-state index is -0.583. The van der Waals surface area contributed by atoms with Gasteiger partial charge < -0.3 is 18.8 Å². The summed E-state index contributed by atoms with van der Waals surface area (Å²) in [7, 11) is 5.50. The van der Waals surface area contributed by atoms with Crippen LogP contribution in [0.3, 0.4) is 0 Å². The van der Waals surface area contributed by atoms with E-state index in [2.05, 4.69) is 4.99 Å². The Balaban J connectivity index is 1.74. The number of aliphatic imine (C=N–C) groups is 1. The van der Waals surface area contributed by atoms with Crippen LogP contribution in [0.15, 0.2) is 70.3 Å². The number of carbonyl (C=O) groups excluding carboxylic acids is 1. The van der Waals surface area contributed by atoms with Crippen LogP contribution in [0, 0.1) is 0 Å². The van der Waals surface area contributed by atoms with Crippen LogP contribution >= 0.6 is 0 Å². The van der Waals surface area contributed by atoms with E-state index < -0.39 is 5.97 Å². The Kier molecular flexibility index (Phi) is 5.56. The molecule has 1 heterocycles. The van der Waals surface area contributed by atoms with E-state index in [1.165, 1.54) is 19.4 Å². The van der Waals surface area contributed by atoms with E-state index >= 15 is 0 Å². The maximum absolute atomic E-state index is 12.0. The molecule has 1 aromatic heterocycles. The predicted molar refractivity (Wildman–Crippen MR) is 105 cm³/mol. The van der Waals surface area contributed by atoms with Crippen molar-refractivity contribution in [3.8, 4) is 11.5 Å². The quantitative estimate of drug-likeness (QED) is 0.370. The van der Waals surface area contributed by atoms with Gasteiger partial charge in [-0.2, -0.15) is 0 Å². The lowest BCUT2D eigenvalue weighted by Gasteiger charge is -2.11. The first-order valence-electron chi connectivity index (χ1n) is 8.32. The molecule has 0 aliphatic rings. The number of anilines is 1. The standard InChI is InChI=1S/C21H20N2O4/c1-23(2)17-9-7-16(8-10-17)22-14-15-6-11-18(20(13-15)25-3)27-21(24)19-5-4-12-26-19/h4-14H,1-3H3. The van der Waals surface area contributed by atoms with Gasteiger partial charge in [0.05, 0.1) is 19.1 Å². The molecule has 0 atom stereocenters. The van der Waals surface area contributed by atoms with Gasteiger partial charge in [0.1, 0.15) is 0 Å². The molecule has 0 spiro atoms. The lowest BCUT2D eigenvalue weighted by Crippen LogP contribution is -2.08. The molecule has 0 bridgehead atoms. The highest BCUT2D eigenvalue weighted by Crippen LogP contribution is 2.29. The summed E-state index contributed by atoms with van der Waals surface area (Å²) in [6.07, 6.45) is 3.14. The zero-order valence-electron chi connectivity index (χ0n) is 15.4. The summed E-state index contributed by atoms with van der Waals surface area (Å²) in [5, 5.41) is 0. The molecule has 0 aliphatic heterocycles. The summed E-state index contributed by atoms with van der Waals surface area (Å²) >= 11 is 0. The summed E-state index contributed by atoms with van der Waals surface area (Å²) in [5.74, 6) is 0.290. The van der Waals surface area contributed by atoms with Gasteiger partial charge in [-0.15, -0.1) is 0 Å². The molecule has 0 N–H and O–H groups in total. The first-order valence-corrected chi connectivity index (χ1v) is 8.32. The summed E-state index contributed by atoms with van der Waals surface area (Å²) in [4.78, 5) is 18.5. The molecule has 0 saturated carbocycles. The van der Waals surface area contributed by atoms with Crippen molar-refractivity contribution in [3.05, 3.63) is 72.2 Å². The monoisotopic (exact) mass is 364 g/mol. The van der Waals surface area contributed by atoms with E-state index in [0.29, 0.717) is 11.5 Å². The topological polar surface area (TPSA) is 64.3 Å². The van der Waals surface area contributed by atoms with Crippen molar-refractivity contribution in [1.82, 2.24) is 0 Å². The molecule has 138 valence electrons. The number of hydrogen-bond donors (Lipinski definition) is 0. The molecule has 3 aromatic rings. The van der Waals surface area contributed by atoms with Crippen LogP contribution in [0.5, 0.6) is 11.5 Å². The van der Waals surface area contributed by atoms with Crippen LogP contribution < -0.4 is 14.4 Å². The van der Waals surface area contributed by atoms with E-state index in [1.807, 2.05) is 43.3 Å². The number of nitrogens with zero attached hydrogens (tertiary/aromatic N) is 2. The maximum Gasteiger partial charge on any atom is 0.379 e. The third-order valence-electron chi connectivity index (χ3n) is 3.84. The highest BCUT2D eigenvalue weighted by molar-refractivity contribution is 5.89. The second-order valence-electron chi connectivity index (χ2n) is 5.95. The largest absolute Gasteiger partial charge is 0.493 e. The van der Waals surface area contributed by atoms with Crippen molar-refractivity contribution in [2.24, 2.45) is 4.99 Å². The smallest absolute Gasteiger partial charge is 0.379 e. The van der Waals surface area contributed by atoms with Crippen molar-refractivity contribution < 1.29 is 18.7 Å².